The van der Waals surface area contributed by atoms with E-state index in [2.05, 4.69) is 295 Å². The smallest absolute Gasteiger partial charge is 0.252 e. The van der Waals surface area contributed by atoms with Gasteiger partial charge in [0.1, 0.15) is 0 Å². The Balaban J connectivity index is 1.18. The molecule has 1 aliphatic carbocycles. The lowest BCUT2D eigenvalue weighted by Gasteiger charge is -2.46. The van der Waals surface area contributed by atoms with Crippen LogP contribution in [0.2, 0.25) is 0 Å². The van der Waals surface area contributed by atoms with Crippen LogP contribution in [0.15, 0.2) is 188 Å². The number of rotatable bonds is 3. The molecule has 14 rings (SSSR count). The minimum Gasteiger partial charge on any atom is -0.311 e. The maximum absolute atomic E-state index is 2.72. The quantitative estimate of drug-likeness (QED) is 0.129. The van der Waals surface area contributed by atoms with Gasteiger partial charge in [-0.3, -0.25) is 0 Å². The molecule has 0 amide bonds. The summed E-state index contributed by atoms with van der Waals surface area (Å²) >= 11 is 0. The maximum Gasteiger partial charge on any atom is 0.252 e. The van der Waals surface area contributed by atoms with Gasteiger partial charge in [-0.05, 0) is 193 Å². The molecule has 2 nitrogen and oxygen atoms in total. The zero-order chi connectivity index (χ0) is 55.7. The third kappa shape index (κ3) is 7.74. The van der Waals surface area contributed by atoms with E-state index in [4.69, 9.17) is 0 Å². The second-order valence-electron chi connectivity index (χ2n) is 28.3. The molecular weight excluding hydrogens is 964 g/mol. The monoisotopic (exact) mass is 1040 g/mol. The lowest BCUT2D eigenvalue weighted by molar-refractivity contribution is 0.568. The van der Waals surface area contributed by atoms with Crippen LogP contribution in [0.25, 0.3) is 65.3 Å². The van der Waals surface area contributed by atoms with E-state index in [0.717, 1.165) is 0 Å². The van der Waals surface area contributed by atoms with Crippen LogP contribution in [-0.4, -0.2) is 6.71 Å². The van der Waals surface area contributed by atoms with E-state index in [1.165, 1.54) is 149 Å². The second kappa shape index (κ2) is 17.1. The Labute approximate surface area is 475 Å². The highest BCUT2D eigenvalue weighted by atomic mass is 15.2. The van der Waals surface area contributed by atoms with E-state index in [9.17, 15) is 0 Å². The fourth-order valence-corrected chi connectivity index (χ4v) is 13.8. The Kier molecular flexibility index (Phi) is 10.7. The molecule has 0 atom stereocenters. The van der Waals surface area contributed by atoms with E-state index < -0.39 is 0 Å². The largest absolute Gasteiger partial charge is 0.311 e. The zero-order valence-corrected chi connectivity index (χ0v) is 49.4. The molecule has 0 radical (unpaired) electrons. The average Bonchev–Trinajstić information content (AvgIpc) is 3.80. The minimum atomic E-state index is -0.164. The summed E-state index contributed by atoms with van der Waals surface area (Å²) in [4.78, 5) is 5.43. The minimum absolute atomic E-state index is 0.0903. The molecule has 0 saturated carbocycles. The van der Waals surface area contributed by atoms with Gasteiger partial charge in [0.15, 0.2) is 0 Å². The van der Waals surface area contributed by atoms with Gasteiger partial charge >= 0.3 is 0 Å². The van der Waals surface area contributed by atoms with Crippen LogP contribution in [0.3, 0.4) is 0 Å². The summed E-state index contributed by atoms with van der Waals surface area (Å²) in [6.45, 7) is 33.2. The Hall–Kier alpha value is -7.88. The van der Waals surface area contributed by atoms with Gasteiger partial charge in [-0.2, -0.15) is 0 Å². The molecule has 2 heterocycles. The first-order chi connectivity index (χ1) is 37.9. The number of hydrogen-bond donors (Lipinski definition) is 0. The van der Waals surface area contributed by atoms with Crippen LogP contribution >= 0.6 is 0 Å². The summed E-state index contributed by atoms with van der Waals surface area (Å²) in [5.41, 5.74) is 23.9. The van der Waals surface area contributed by atoms with Crippen LogP contribution in [-0.2, 0) is 27.1 Å². The first kappa shape index (κ1) is 50.4. The molecule has 394 valence electrons. The van der Waals surface area contributed by atoms with Crippen molar-refractivity contribution in [3.8, 4) is 22.3 Å². The Morgan fingerprint density at radius 3 is 1.18 bits per heavy atom. The van der Waals surface area contributed by atoms with Crippen molar-refractivity contribution in [3.63, 3.8) is 0 Å². The van der Waals surface area contributed by atoms with Gasteiger partial charge in [-0.1, -0.05) is 218 Å². The molecule has 0 fully saturated rings. The summed E-state index contributed by atoms with van der Waals surface area (Å²) in [5.74, 6) is 0. The van der Waals surface area contributed by atoms with E-state index in [1.54, 1.807) is 0 Å². The predicted octanol–water partition coefficient (Wildman–Crippen LogP) is 19.5. The number of benzene rings is 11. The van der Waals surface area contributed by atoms with Crippen LogP contribution in [0.5, 0.6) is 0 Å². The summed E-state index contributed by atoms with van der Waals surface area (Å²) in [7, 11) is 0. The topological polar surface area (TPSA) is 6.48 Å². The van der Waals surface area contributed by atoms with E-state index in [-0.39, 0.29) is 33.8 Å². The molecule has 3 heteroatoms. The van der Waals surface area contributed by atoms with Crippen molar-refractivity contribution in [2.45, 2.75) is 124 Å². The van der Waals surface area contributed by atoms with Crippen LogP contribution < -0.4 is 26.2 Å². The predicted molar refractivity (Wildman–Crippen MR) is 348 cm³/mol. The van der Waals surface area contributed by atoms with Crippen LogP contribution in [0.4, 0.5) is 34.1 Å². The van der Waals surface area contributed by atoms with Crippen molar-refractivity contribution < 1.29 is 0 Å². The zero-order valence-electron chi connectivity index (χ0n) is 49.4. The van der Waals surface area contributed by atoms with E-state index >= 15 is 0 Å². The van der Waals surface area contributed by atoms with Crippen molar-refractivity contribution in [1.82, 2.24) is 0 Å². The summed E-state index contributed by atoms with van der Waals surface area (Å²) in [6, 6.07) is 74.0. The highest BCUT2D eigenvalue weighted by molar-refractivity contribution is 7.00. The van der Waals surface area contributed by atoms with Crippen molar-refractivity contribution in [3.05, 3.63) is 221 Å². The van der Waals surface area contributed by atoms with Crippen molar-refractivity contribution >= 4 is 100 Å². The third-order valence-corrected chi connectivity index (χ3v) is 18.5. The van der Waals surface area contributed by atoms with Gasteiger partial charge in [-0.15, -0.1) is 0 Å². The van der Waals surface area contributed by atoms with Gasteiger partial charge in [0.2, 0.25) is 0 Å². The lowest BCUT2D eigenvalue weighted by atomic mass is 9.33. The van der Waals surface area contributed by atoms with Gasteiger partial charge < -0.3 is 9.80 Å². The number of hydrogen-bond acceptors (Lipinski definition) is 2. The second-order valence-corrected chi connectivity index (χ2v) is 28.3. The first-order valence-corrected chi connectivity index (χ1v) is 29.2. The maximum atomic E-state index is 2.72. The summed E-state index contributed by atoms with van der Waals surface area (Å²) in [5, 5.41) is 10.0. The Bertz CT molecular complexity index is 4150. The average molecular weight is 1040 g/mol. The molecular formula is C77H73BN2. The van der Waals surface area contributed by atoms with Crippen LogP contribution in [0.1, 0.15) is 130 Å². The highest BCUT2D eigenvalue weighted by Gasteiger charge is 2.46. The normalized spacial score (nSPS) is 14.7. The molecule has 3 aliphatic rings. The molecule has 2 aliphatic heterocycles. The standard InChI is InChI=1S/C77H73BN2/c1-73(2,3)54-40-55(74(4,5)6)43-58(42-54)79-68-38-53(50-27-30-61-60-25-19-20-26-64(60)77(13,14)65(61)37-50)39-69-70(68)78(66-31-28-51-33-46-21-15-17-23-48(46)35-62(51)71(66)79)67-32-29-52-34-47-22-16-18-24-49(47)36-63(52)72(67)80(69)59-44-56(75(7,8)9)41-57(45-59)76(10,11)12/h15-45H,1-14H3. The summed E-state index contributed by atoms with van der Waals surface area (Å²) < 4.78 is 0. The van der Waals surface area contributed by atoms with Gasteiger partial charge in [0.25, 0.3) is 6.71 Å². The molecule has 11 aromatic carbocycles. The lowest BCUT2D eigenvalue weighted by Crippen LogP contribution is -2.61. The van der Waals surface area contributed by atoms with Crippen molar-refractivity contribution in [2.75, 3.05) is 9.80 Å². The number of fused-ring (bicyclic) bond motifs is 13. The van der Waals surface area contributed by atoms with E-state index in [1.807, 2.05) is 0 Å². The van der Waals surface area contributed by atoms with Gasteiger partial charge in [0, 0.05) is 50.3 Å². The van der Waals surface area contributed by atoms with Crippen LogP contribution in [0, 0.1) is 0 Å². The molecule has 0 unspecified atom stereocenters. The summed E-state index contributed by atoms with van der Waals surface area (Å²) in [6.07, 6.45) is 0. The molecule has 0 spiro atoms. The SMILES string of the molecule is CC(C)(C)c1cc(N2c3cc(-c4ccc5c(c4)C(C)(C)c4ccccc4-5)cc4c3B(c3ccc5cc6ccccc6cc5c32)c2ccc3cc5ccccc5cc3c2N4c2cc(C(C)(C)C)cc(C(C)(C)C)c2)cc(C(C)(C)C)c1. The Morgan fingerprint density at radius 2 is 0.738 bits per heavy atom. The third-order valence-electron chi connectivity index (χ3n) is 18.5. The molecule has 0 N–H and O–H groups in total. The van der Waals surface area contributed by atoms with Crippen molar-refractivity contribution in [1.29, 1.82) is 0 Å². The fourth-order valence-electron chi connectivity index (χ4n) is 13.8. The Morgan fingerprint density at radius 1 is 0.338 bits per heavy atom. The number of anilines is 6. The first-order valence-electron chi connectivity index (χ1n) is 29.2. The number of nitrogens with zero attached hydrogens (tertiary/aromatic N) is 2. The van der Waals surface area contributed by atoms with Gasteiger partial charge in [0.05, 0.1) is 0 Å². The molecule has 80 heavy (non-hydrogen) atoms. The van der Waals surface area contributed by atoms with E-state index in [0.29, 0.717) is 0 Å². The van der Waals surface area contributed by atoms with Gasteiger partial charge in [-0.25, -0.2) is 0 Å². The van der Waals surface area contributed by atoms with Crippen molar-refractivity contribution in [2.24, 2.45) is 0 Å². The molecule has 11 aromatic rings. The molecule has 0 aromatic heterocycles. The molecule has 0 saturated heterocycles. The highest BCUT2D eigenvalue weighted by Crippen LogP contribution is 2.54. The fraction of sp³-hybridized carbons (Fsp3) is 0.247. The molecule has 0 bridgehead atoms.